The lowest BCUT2D eigenvalue weighted by atomic mass is 10.0. The van der Waals surface area contributed by atoms with Crippen LogP contribution in [0.25, 0.3) is 0 Å². The Labute approximate surface area is 170 Å². The quantitative estimate of drug-likeness (QED) is 0.689. The first-order valence-corrected chi connectivity index (χ1v) is 9.51. The Hall–Kier alpha value is -2.29. The smallest absolute Gasteiger partial charge is 0.417 e. The zero-order chi connectivity index (χ0) is 21.6. The van der Waals surface area contributed by atoms with E-state index in [2.05, 4.69) is 5.10 Å². The summed E-state index contributed by atoms with van der Waals surface area (Å²) < 4.78 is 47.0. The fourth-order valence-corrected chi connectivity index (χ4v) is 3.51. The van der Waals surface area contributed by atoms with E-state index in [0.717, 1.165) is 16.8 Å². The molecular weight excluding hydrogens is 411 g/mol. The minimum atomic E-state index is -4.60. The van der Waals surface area contributed by atoms with Crippen molar-refractivity contribution in [1.29, 1.82) is 0 Å². The number of ether oxygens (including phenoxy) is 1. The second-order valence-electron chi connectivity index (χ2n) is 7.98. The molecule has 6 nitrogen and oxygen atoms in total. The summed E-state index contributed by atoms with van der Waals surface area (Å²) in [5.41, 5.74) is -2.00. The maximum Gasteiger partial charge on any atom is 0.417 e. The Bertz CT molecular complexity index is 989. The lowest BCUT2D eigenvalue weighted by Crippen LogP contribution is -2.38. The third-order valence-corrected chi connectivity index (χ3v) is 4.81. The maximum atomic E-state index is 13.1. The predicted molar refractivity (Wildman–Crippen MR) is 99.9 cm³/mol. The first kappa shape index (κ1) is 21.4. The molecular formula is C19H21ClF3N3O3. The molecule has 1 aliphatic rings. The van der Waals surface area contributed by atoms with Gasteiger partial charge in [0, 0.05) is 6.42 Å². The van der Waals surface area contributed by atoms with Crippen molar-refractivity contribution in [2.24, 2.45) is 0 Å². The molecule has 1 unspecified atom stereocenters. The molecule has 1 aliphatic heterocycles. The molecule has 29 heavy (non-hydrogen) atoms. The van der Waals surface area contributed by atoms with Gasteiger partial charge >= 0.3 is 17.8 Å². The topological polar surface area (TPSA) is 66.1 Å². The van der Waals surface area contributed by atoms with Crippen LogP contribution in [0.4, 0.5) is 13.2 Å². The number of carbonyl (C=O) groups excluding carboxylic acids is 1. The normalized spacial score (nSPS) is 17.1. The van der Waals surface area contributed by atoms with Crippen LogP contribution < -0.4 is 5.69 Å². The van der Waals surface area contributed by atoms with E-state index in [4.69, 9.17) is 16.3 Å². The van der Waals surface area contributed by atoms with Gasteiger partial charge in [0.25, 0.3) is 0 Å². The second-order valence-corrected chi connectivity index (χ2v) is 8.39. The number of rotatable bonds is 3. The van der Waals surface area contributed by atoms with Crippen molar-refractivity contribution in [3.8, 4) is 0 Å². The summed E-state index contributed by atoms with van der Waals surface area (Å²) in [6.07, 6.45) is -3.02. The van der Waals surface area contributed by atoms with Crippen LogP contribution in [0.3, 0.4) is 0 Å². The van der Waals surface area contributed by atoms with Crippen LogP contribution >= 0.6 is 11.6 Å². The fourth-order valence-electron chi connectivity index (χ4n) is 3.29. The van der Waals surface area contributed by atoms with Gasteiger partial charge in [0.15, 0.2) is 0 Å². The minimum absolute atomic E-state index is 0.167. The van der Waals surface area contributed by atoms with Gasteiger partial charge in [0.2, 0.25) is 0 Å². The number of alkyl halides is 3. The van der Waals surface area contributed by atoms with E-state index >= 15 is 0 Å². The summed E-state index contributed by atoms with van der Waals surface area (Å²) in [6, 6.07) is 2.66. The van der Waals surface area contributed by atoms with Crippen molar-refractivity contribution < 1.29 is 22.7 Å². The molecule has 10 heteroatoms. The van der Waals surface area contributed by atoms with Crippen LogP contribution in [0.5, 0.6) is 0 Å². The number of nitrogens with zero attached hydrogens (tertiary/aromatic N) is 3. The molecule has 0 bridgehead atoms. The Kier molecular flexibility index (Phi) is 5.55. The van der Waals surface area contributed by atoms with Crippen molar-refractivity contribution in [3.63, 3.8) is 0 Å². The van der Waals surface area contributed by atoms with Crippen LogP contribution in [0.15, 0.2) is 23.0 Å². The number of benzene rings is 1. The van der Waals surface area contributed by atoms with Gasteiger partial charge in [0.1, 0.15) is 17.5 Å². The molecule has 0 aliphatic carbocycles. The van der Waals surface area contributed by atoms with Gasteiger partial charge in [0.05, 0.1) is 17.1 Å². The third kappa shape index (κ3) is 4.66. The SMILES string of the molecule is CC(C)(C)OC(=O)C1CCCc2nn(Cc3ccc(Cl)c(C(F)(F)F)c3)c(=O)n21. The lowest BCUT2D eigenvalue weighted by Gasteiger charge is -2.26. The molecule has 0 radical (unpaired) electrons. The van der Waals surface area contributed by atoms with Crippen LogP contribution in [-0.4, -0.2) is 25.9 Å². The van der Waals surface area contributed by atoms with Gasteiger partial charge in [-0.3, -0.25) is 4.57 Å². The van der Waals surface area contributed by atoms with Crippen LogP contribution in [0.2, 0.25) is 5.02 Å². The van der Waals surface area contributed by atoms with E-state index in [0.29, 0.717) is 25.1 Å². The van der Waals surface area contributed by atoms with E-state index in [-0.39, 0.29) is 12.1 Å². The monoisotopic (exact) mass is 431 g/mol. The number of aromatic nitrogens is 3. The molecule has 0 N–H and O–H groups in total. The lowest BCUT2D eigenvalue weighted by molar-refractivity contribution is -0.159. The molecule has 0 amide bonds. The van der Waals surface area contributed by atoms with Crippen molar-refractivity contribution in [1.82, 2.24) is 14.3 Å². The average Bonchev–Trinajstić information content (AvgIpc) is 2.90. The Morgan fingerprint density at radius 2 is 2.00 bits per heavy atom. The summed E-state index contributed by atoms with van der Waals surface area (Å²) in [7, 11) is 0. The number of carbonyl (C=O) groups is 1. The summed E-state index contributed by atoms with van der Waals surface area (Å²) in [5, 5.41) is 3.82. The summed E-state index contributed by atoms with van der Waals surface area (Å²) in [5.74, 6) is -0.104. The first-order valence-electron chi connectivity index (χ1n) is 9.13. The number of hydrogen-bond acceptors (Lipinski definition) is 4. The van der Waals surface area contributed by atoms with Gasteiger partial charge in [-0.05, 0) is 51.3 Å². The van der Waals surface area contributed by atoms with Crippen LogP contribution in [0, 0.1) is 0 Å². The van der Waals surface area contributed by atoms with Gasteiger partial charge in [-0.25, -0.2) is 14.3 Å². The summed E-state index contributed by atoms with van der Waals surface area (Å²) in [4.78, 5) is 25.4. The van der Waals surface area contributed by atoms with Crippen LogP contribution in [-0.2, 0) is 28.7 Å². The summed E-state index contributed by atoms with van der Waals surface area (Å²) in [6.45, 7) is 5.04. The third-order valence-electron chi connectivity index (χ3n) is 4.48. The minimum Gasteiger partial charge on any atom is -0.458 e. The maximum absolute atomic E-state index is 13.1. The van der Waals surface area contributed by atoms with Gasteiger partial charge in [-0.2, -0.15) is 18.3 Å². The van der Waals surface area contributed by atoms with Crippen molar-refractivity contribution in [2.75, 3.05) is 0 Å². The molecule has 3 rings (SSSR count). The Morgan fingerprint density at radius 3 is 2.62 bits per heavy atom. The second kappa shape index (κ2) is 7.51. The highest BCUT2D eigenvalue weighted by Gasteiger charge is 2.35. The Morgan fingerprint density at radius 1 is 1.31 bits per heavy atom. The number of fused-ring (bicyclic) bond motifs is 1. The van der Waals surface area contributed by atoms with Crippen LogP contribution in [0.1, 0.15) is 56.6 Å². The van der Waals surface area contributed by atoms with E-state index in [1.807, 2.05) is 0 Å². The van der Waals surface area contributed by atoms with E-state index < -0.39 is 40.1 Å². The number of aryl methyl sites for hydroxylation is 1. The largest absolute Gasteiger partial charge is 0.458 e. The van der Waals surface area contributed by atoms with Crippen molar-refractivity contribution in [3.05, 3.63) is 50.7 Å². The number of halogens is 4. The molecule has 0 fully saturated rings. The highest BCUT2D eigenvalue weighted by molar-refractivity contribution is 6.31. The zero-order valence-corrected chi connectivity index (χ0v) is 17.0. The molecule has 1 aromatic carbocycles. The summed E-state index contributed by atoms with van der Waals surface area (Å²) >= 11 is 5.64. The van der Waals surface area contributed by atoms with Crippen molar-refractivity contribution in [2.45, 2.75) is 64.4 Å². The molecule has 1 aromatic heterocycles. The zero-order valence-electron chi connectivity index (χ0n) is 16.2. The van der Waals surface area contributed by atoms with E-state index in [1.165, 1.54) is 10.6 Å². The molecule has 1 atom stereocenters. The highest BCUT2D eigenvalue weighted by atomic mass is 35.5. The van der Waals surface area contributed by atoms with Gasteiger partial charge < -0.3 is 4.74 Å². The van der Waals surface area contributed by atoms with E-state index in [9.17, 15) is 22.8 Å². The molecule has 0 saturated heterocycles. The van der Waals surface area contributed by atoms with Gasteiger partial charge in [-0.1, -0.05) is 17.7 Å². The predicted octanol–water partition coefficient (Wildman–Crippen LogP) is 3.98. The van der Waals surface area contributed by atoms with E-state index in [1.54, 1.807) is 20.8 Å². The molecule has 2 aromatic rings. The van der Waals surface area contributed by atoms with Crippen molar-refractivity contribution >= 4 is 17.6 Å². The molecule has 2 heterocycles. The number of esters is 1. The van der Waals surface area contributed by atoms with Gasteiger partial charge in [-0.15, -0.1) is 0 Å². The standard InChI is InChI=1S/C19H21ClF3N3O3/c1-18(2,3)29-16(27)14-5-4-6-15-24-25(17(28)26(14)15)10-11-7-8-13(20)12(9-11)19(21,22)23/h7-9,14H,4-6,10H2,1-3H3. The average molecular weight is 432 g/mol. The fraction of sp³-hybridized carbons (Fsp3) is 0.526. The molecule has 158 valence electrons. The Balaban J connectivity index is 1.93. The molecule has 0 saturated carbocycles. The highest BCUT2D eigenvalue weighted by Crippen LogP contribution is 2.35. The molecule has 0 spiro atoms. The first-order chi connectivity index (χ1) is 13.4. The number of hydrogen-bond donors (Lipinski definition) is 0.